The van der Waals surface area contributed by atoms with Gasteiger partial charge in [0, 0.05) is 16.9 Å². The van der Waals surface area contributed by atoms with E-state index < -0.39 is 42.3 Å². The maximum atomic E-state index is 14.0. The number of hydrogen-bond donors (Lipinski definition) is 1. The van der Waals surface area contributed by atoms with Crippen molar-refractivity contribution in [3.05, 3.63) is 99.0 Å². The number of amides is 3. The fraction of sp³-hybridized carbons (Fsp3) is 0.290. The second kappa shape index (κ2) is 10.1. The minimum absolute atomic E-state index is 0.275. The quantitative estimate of drug-likeness (QED) is 0.313. The number of carbonyl (C=O) groups excluding carboxylic acids is 4. The van der Waals surface area contributed by atoms with E-state index in [-0.39, 0.29) is 34.4 Å². The molecule has 3 atom stereocenters. The molecule has 1 saturated heterocycles. The van der Waals surface area contributed by atoms with Crippen LogP contribution in [0.5, 0.6) is 0 Å². The Morgan fingerprint density at radius 2 is 1.35 bits per heavy atom. The number of nitrogens with zero attached hydrogens (tertiary/aromatic N) is 1. The number of rotatable bonds is 6. The number of nitrogens with one attached hydrogen (secondary N) is 1. The summed E-state index contributed by atoms with van der Waals surface area (Å²) in [5, 5.41) is 3.21. The van der Waals surface area contributed by atoms with Crippen molar-refractivity contribution in [1.29, 1.82) is 0 Å². The molecular weight excluding hydrogens is 551 g/mol. The van der Waals surface area contributed by atoms with Crippen molar-refractivity contribution in [3.8, 4) is 0 Å². The van der Waals surface area contributed by atoms with Crippen LogP contribution in [0.2, 0.25) is 10.0 Å². The van der Waals surface area contributed by atoms with E-state index in [1.54, 1.807) is 19.9 Å². The summed E-state index contributed by atoms with van der Waals surface area (Å²) in [6, 6.07) is 19.3. The maximum Gasteiger partial charge on any atom is 0.330 e. The lowest BCUT2D eigenvalue weighted by Crippen LogP contribution is -2.49. The van der Waals surface area contributed by atoms with E-state index >= 15 is 0 Å². The maximum absolute atomic E-state index is 14.0. The summed E-state index contributed by atoms with van der Waals surface area (Å²) >= 11 is 12.1. The van der Waals surface area contributed by atoms with Gasteiger partial charge >= 0.3 is 5.97 Å². The van der Waals surface area contributed by atoms with E-state index in [0.717, 1.165) is 27.2 Å². The predicted molar refractivity (Wildman–Crippen MR) is 150 cm³/mol. The van der Waals surface area contributed by atoms with Gasteiger partial charge in [-0.25, -0.2) is 4.79 Å². The Hall–Kier alpha value is -3.68. The molecule has 4 aliphatic rings. The minimum atomic E-state index is -1.17. The summed E-state index contributed by atoms with van der Waals surface area (Å²) in [6.07, 6.45) is 0. The van der Waals surface area contributed by atoms with Gasteiger partial charge in [0.15, 0.2) is 6.61 Å². The Balaban J connectivity index is 1.26. The van der Waals surface area contributed by atoms with E-state index in [0.29, 0.717) is 5.02 Å². The van der Waals surface area contributed by atoms with Gasteiger partial charge in [-0.1, -0.05) is 85.6 Å². The highest BCUT2D eigenvalue weighted by atomic mass is 35.5. The number of halogens is 2. The zero-order valence-electron chi connectivity index (χ0n) is 21.8. The number of carbonyl (C=O) groups is 4. The van der Waals surface area contributed by atoms with Crippen molar-refractivity contribution in [2.75, 3.05) is 11.9 Å². The number of benzene rings is 3. The molecule has 40 heavy (non-hydrogen) atoms. The number of imide groups is 1. The van der Waals surface area contributed by atoms with E-state index in [4.69, 9.17) is 27.9 Å². The minimum Gasteiger partial charge on any atom is -0.454 e. The van der Waals surface area contributed by atoms with Crippen molar-refractivity contribution in [1.82, 2.24) is 4.90 Å². The summed E-state index contributed by atoms with van der Waals surface area (Å²) in [5.41, 5.74) is 4.48. The van der Waals surface area contributed by atoms with E-state index in [9.17, 15) is 19.2 Å². The van der Waals surface area contributed by atoms with Gasteiger partial charge < -0.3 is 10.1 Å². The lowest BCUT2D eigenvalue weighted by atomic mass is 9.55. The highest BCUT2D eigenvalue weighted by molar-refractivity contribution is 6.35. The summed E-state index contributed by atoms with van der Waals surface area (Å²) < 4.78 is 5.35. The zero-order chi connectivity index (χ0) is 28.3. The Labute approximate surface area is 241 Å². The summed E-state index contributed by atoms with van der Waals surface area (Å²) in [4.78, 5) is 55.1. The summed E-state index contributed by atoms with van der Waals surface area (Å²) in [7, 11) is 0. The van der Waals surface area contributed by atoms with Crippen molar-refractivity contribution in [2.24, 2.45) is 17.8 Å². The van der Waals surface area contributed by atoms with Gasteiger partial charge in [-0.05, 0) is 46.4 Å². The molecule has 204 valence electrons. The molecule has 0 aromatic heterocycles. The molecule has 0 unspecified atom stereocenters. The molecule has 0 radical (unpaired) electrons. The molecule has 9 heteroatoms. The molecule has 7 rings (SSSR count). The number of likely N-dealkylation sites (tertiary alicyclic amines) is 1. The lowest BCUT2D eigenvalue weighted by molar-refractivity contribution is -0.162. The first-order chi connectivity index (χ1) is 19.2. The van der Waals surface area contributed by atoms with Crippen molar-refractivity contribution in [2.45, 2.75) is 31.7 Å². The topological polar surface area (TPSA) is 92.8 Å². The second-order valence-electron chi connectivity index (χ2n) is 10.8. The number of anilines is 1. The third-order valence-electron chi connectivity index (χ3n) is 8.18. The molecule has 0 saturated carbocycles. The molecular formula is C31H26Cl2N2O5. The van der Waals surface area contributed by atoms with Gasteiger partial charge in [0.25, 0.3) is 5.91 Å². The first-order valence-electron chi connectivity index (χ1n) is 13.1. The summed E-state index contributed by atoms with van der Waals surface area (Å²) in [5.74, 6) is -4.40. The van der Waals surface area contributed by atoms with E-state index in [1.165, 1.54) is 12.1 Å². The molecule has 1 N–H and O–H groups in total. The molecule has 7 nitrogen and oxygen atoms in total. The van der Waals surface area contributed by atoms with Gasteiger partial charge in [-0.2, -0.15) is 0 Å². The monoisotopic (exact) mass is 576 g/mol. The molecule has 3 aliphatic carbocycles. The largest absolute Gasteiger partial charge is 0.454 e. The van der Waals surface area contributed by atoms with Crippen LogP contribution in [0, 0.1) is 17.8 Å². The smallest absolute Gasteiger partial charge is 0.330 e. The third kappa shape index (κ3) is 4.11. The Kier molecular flexibility index (Phi) is 6.67. The third-order valence-corrected chi connectivity index (χ3v) is 8.75. The number of hydrogen-bond acceptors (Lipinski definition) is 5. The normalized spacial score (nSPS) is 23.0. The number of ether oxygens (including phenoxy) is 1. The van der Waals surface area contributed by atoms with Crippen LogP contribution in [-0.4, -0.2) is 41.2 Å². The van der Waals surface area contributed by atoms with Gasteiger partial charge in [-0.15, -0.1) is 0 Å². The molecule has 1 fully saturated rings. The Morgan fingerprint density at radius 1 is 0.850 bits per heavy atom. The average molecular weight is 577 g/mol. The number of esters is 1. The molecule has 3 aromatic rings. The van der Waals surface area contributed by atoms with Gasteiger partial charge in [0.1, 0.15) is 6.04 Å². The van der Waals surface area contributed by atoms with Crippen LogP contribution in [0.15, 0.2) is 66.7 Å². The highest BCUT2D eigenvalue weighted by Gasteiger charge is 2.63. The standard InChI is InChI=1S/C31H26Cl2N2O5/c1-15(2)28(31(39)40-14-23(36)34-22-13-16(32)11-12-21(22)33)35-29(37)26-24-17-7-3-4-8-18(17)25(27(26)30(35)38)20-10-6-5-9-19(20)24/h3-13,15,24-28H,14H2,1-2H3,(H,34,36)/t24?,25?,26-,27-,28-/m1/s1. The molecule has 3 aromatic carbocycles. The first kappa shape index (κ1) is 26.5. The van der Waals surface area contributed by atoms with Crippen LogP contribution in [0.1, 0.15) is 47.9 Å². The van der Waals surface area contributed by atoms with E-state index in [1.807, 2.05) is 48.5 Å². The van der Waals surface area contributed by atoms with Crippen LogP contribution < -0.4 is 5.32 Å². The van der Waals surface area contributed by atoms with Crippen LogP contribution in [-0.2, 0) is 23.9 Å². The van der Waals surface area contributed by atoms with Crippen molar-refractivity contribution < 1.29 is 23.9 Å². The van der Waals surface area contributed by atoms with Gasteiger partial charge in [0.2, 0.25) is 11.8 Å². The second-order valence-corrected chi connectivity index (χ2v) is 11.6. The van der Waals surface area contributed by atoms with Crippen molar-refractivity contribution >= 4 is 52.6 Å². The zero-order valence-corrected chi connectivity index (χ0v) is 23.3. The predicted octanol–water partition coefficient (Wildman–Crippen LogP) is 5.39. The Morgan fingerprint density at radius 3 is 1.82 bits per heavy atom. The highest BCUT2D eigenvalue weighted by Crippen LogP contribution is 2.61. The van der Waals surface area contributed by atoms with Crippen LogP contribution in [0.4, 0.5) is 5.69 Å². The Bertz CT molecular complexity index is 1460. The van der Waals surface area contributed by atoms with E-state index in [2.05, 4.69) is 5.32 Å². The SMILES string of the molecule is CC(C)[C@H](C(=O)OCC(=O)Nc1cc(Cl)ccc1Cl)N1C(=O)[C@@H]2C3c4ccccc4C(c4ccccc43)[C@H]2C1=O. The molecule has 2 bridgehead atoms. The summed E-state index contributed by atoms with van der Waals surface area (Å²) in [6.45, 7) is 2.88. The van der Waals surface area contributed by atoms with Crippen LogP contribution >= 0.6 is 23.2 Å². The first-order valence-corrected chi connectivity index (χ1v) is 13.9. The molecule has 0 spiro atoms. The molecule has 3 amide bonds. The van der Waals surface area contributed by atoms with Gasteiger partial charge in [0.05, 0.1) is 22.5 Å². The van der Waals surface area contributed by atoms with Crippen LogP contribution in [0.3, 0.4) is 0 Å². The fourth-order valence-electron chi connectivity index (χ4n) is 6.65. The average Bonchev–Trinajstić information content (AvgIpc) is 3.20. The molecule has 1 heterocycles. The van der Waals surface area contributed by atoms with Crippen molar-refractivity contribution in [3.63, 3.8) is 0 Å². The molecule has 1 aliphatic heterocycles. The lowest BCUT2D eigenvalue weighted by Gasteiger charge is -2.45. The van der Waals surface area contributed by atoms with Crippen LogP contribution in [0.25, 0.3) is 0 Å². The fourth-order valence-corrected chi connectivity index (χ4v) is 6.99. The van der Waals surface area contributed by atoms with Gasteiger partial charge in [-0.3, -0.25) is 19.3 Å².